The van der Waals surface area contributed by atoms with Crippen LogP contribution >= 0.6 is 11.6 Å². The highest BCUT2D eigenvalue weighted by Gasteiger charge is 2.50. The van der Waals surface area contributed by atoms with Crippen LogP contribution < -0.4 is 4.90 Å². The second kappa shape index (κ2) is 6.81. The summed E-state index contributed by atoms with van der Waals surface area (Å²) in [6.07, 6.45) is 6.33. The first-order chi connectivity index (χ1) is 12.1. The Bertz CT molecular complexity index is 644. The molecule has 1 aliphatic carbocycles. The molecule has 1 aromatic carbocycles. The molecule has 3 aliphatic rings. The minimum absolute atomic E-state index is 0.173. The fourth-order valence-electron chi connectivity index (χ4n) is 4.99. The number of amides is 1. The zero-order chi connectivity index (χ0) is 17.4. The van der Waals surface area contributed by atoms with Gasteiger partial charge in [0.25, 0.3) is 0 Å². The normalized spacial score (nSPS) is 33.3. The number of aliphatic hydroxyl groups excluding tert-OH is 1. The van der Waals surface area contributed by atoms with Crippen molar-refractivity contribution in [1.82, 2.24) is 4.90 Å². The first-order valence-electron chi connectivity index (χ1n) is 9.58. The van der Waals surface area contributed by atoms with Gasteiger partial charge in [0.05, 0.1) is 22.2 Å². The molecule has 4 nitrogen and oxygen atoms in total. The highest BCUT2D eigenvalue weighted by Crippen LogP contribution is 2.44. The molecule has 2 aliphatic heterocycles. The number of anilines is 1. The molecule has 1 N–H and O–H groups in total. The Labute approximate surface area is 154 Å². The zero-order valence-corrected chi connectivity index (χ0v) is 15.4. The van der Waals surface area contributed by atoms with Gasteiger partial charge in [0.15, 0.2) is 0 Å². The van der Waals surface area contributed by atoms with Gasteiger partial charge < -0.3 is 14.9 Å². The van der Waals surface area contributed by atoms with E-state index in [-0.39, 0.29) is 11.5 Å². The third kappa shape index (κ3) is 3.15. The molecular formula is C20H27ClN2O2. The number of rotatable bonds is 2. The highest BCUT2D eigenvalue weighted by molar-refractivity contribution is 6.33. The van der Waals surface area contributed by atoms with Gasteiger partial charge in [-0.15, -0.1) is 0 Å². The molecule has 2 heterocycles. The van der Waals surface area contributed by atoms with Gasteiger partial charge in [0.2, 0.25) is 5.91 Å². The maximum atomic E-state index is 13.3. The van der Waals surface area contributed by atoms with Crippen molar-refractivity contribution in [3.05, 3.63) is 29.3 Å². The number of benzene rings is 1. The van der Waals surface area contributed by atoms with E-state index in [2.05, 4.69) is 15.9 Å². The van der Waals surface area contributed by atoms with Crippen molar-refractivity contribution in [1.29, 1.82) is 0 Å². The fourth-order valence-corrected chi connectivity index (χ4v) is 5.25. The minimum Gasteiger partial charge on any atom is -0.393 e. The van der Waals surface area contributed by atoms with Crippen LogP contribution in [0, 0.1) is 5.41 Å². The van der Waals surface area contributed by atoms with E-state index in [9.17, 15) is 9.90 Å². The number of piperidine rings is 1. The largest absolute Gasteiger partial charge is 0.393 e. The van der Waals surface area contributed by atoms with Crippen LogP contribution in [0.4, 0.5) is 5.69 Å². The van der Waals surface area contributed by atoms with E-state index >= 15 is 0 Å². The van der Waals surface area contributed by atoms with E-state index in [1.54, 1.807) is 0 Å². The molecule has 1 aromatic rings. The van der Waals surface area contributed by atoms with E-state index in [1.165, 1.54) is 0 Å². The van der Waals surface area contributed by atoms with Crippen molar-refractivity contribution in [2.75, 3.05) is 24.5 Å². The Morgan fingerprint density at radius 2 is 1.84 bits per heavy atom. The summed E-state index contributed by atoms with van der Waals surface area (Å²) in [5, 5.41) is 10.5. The molecule has 1 amide bonds. The molecule has 1 saturated carbocycles. The standard InChI is InChI=1S/C20H27ClN2O2/c21-17-4-1-2-5-18(17)22-12-3-10-20(14-22)11-13-23(19(20)25)15-6-8-16(24)9-7-15/h1-2,4-5,15-16,24H,3,6-14H2/t15?,16?,20-/m1/s1. The number of nitrogens with zero attached hydrogens (tertiary/aromatic N) is 2. The van der Waals surface area contributed by atoms with Gasteiger partial charge in [-0.1, -0.05) is 23.7 Å². The maximum absolute atomic E-state index is 13.3. The molecular weight excluding hydrogens is 336 g/mol. The Morgan fingerprint density at radius 3 is 2.60 bits per heavy atom. The Hall–Kier alpha value is -1.26. The molecule has 25 heavy (non-hydrogen) atoms. The van der Waals surface area contributed by atoms with Crippen molar-refractivity contribution < 1.29 is 9.90 Å². The number of carbonyl (C=O) groups excluding carboxylic acids is 1. The number of para-hydroxylation sites is 1. The average Bonchev–Trinajstić information content (AvgIpc) is 2.92. The molecule has 0 radical (unpaired) electrons. The van der Waals surface area contributed by atoms with Crippen LogP contribution in [0.3, 0.4) is 0 Å². The maximum Gasteiger partial charge on any atom is 0.230 e. The van der Waals surface area contributed by atoms with Crippen LogP contribution in [0.2, 0.25) is 5.02 Å². The van der Waals surface area contributed by atoms with Crippen LogP contribution in [0.25, 0.3) is 0 Å². The van der Waals surface area contributed by atoms with Gasteiger partial charge >= 0.3 is 0 Å². The molecule has 0 unspecified atom stereocenters. The van der Waals surface area contributed by atoms with Crippen LogP contribution in [0.1, 0.15) is 44.9 Å². The number of hydrogen-bond acceptors (Lipinski definition) is 3. The summed E-state index contributed by atoms with van der Waals surface area (Å²) in [4.78, 5) is 17.8. The molecule has 2 saturated heterocycles. The summed E-state index contributed by atoms with van der Waals surface area (Å²) in [5.41, 5.74) is 0.809. The van der Waals surface area contributed by atoms with Gasteiger partial charge in [0.1, 0.15) is 0 Å². The molecule has 4 rings (SSSR count). The Morgan fingerprint density at radius 1 is 1.08 bits per heavy atom. The molecule has 136 valence electrons. The van der Waals surface area contributed by atoms with Gasteiger partial charge in [0, 0.05) is 25.7 Å². The summed E-state index contributed by atoms with van der Waals surface area (Å²) < 4.78 is 0. The molecule has 1 spiro atoms. The number of halogens is 1. The third-order valence-corrected chi connectivity index (χ3v) is 6.74. The minimum atomic E-state index is -0.243. The first kappa shape index (κ1) is 17.2. The zero-order valence-electron chi connectivity index (χ0n) is 14.7. The van der Waals surface area contributed by atoms with Crippen LogP contribution in [0.15, 0.2) is 24.3 Å². The van der Waals surface area contributed by atoms with Crippen LogP contribution in [0.5, 0.6) is 0 Å². The van der Waals surface area contributed by atoms with Gasteiger partial charge in [-0.05, 0) is 57.1 Å². The summed E-state index contributed by atoms with van der Waals surface area (Å²) in [7, 11) is 0. The predicted molar refractivity (Wildman–Crippen MR) is 99.9 cm³/mol. The molecule has 5 heteroatoms. The number of aliphatic hydroxyl groups is 1. The number of hydrogen-bond donors (Lipinski definition) is 1. The second-order valence-electron chi connectivity index (χ2n) is 7.97. The second-order valence-corrected chi connectivity index (χ2v) is 8.37. The fraction of sp³-hybridized carbons (Fsp3) is 0.650. The Kier molecular flexibility index (Phi) is 4.67. The average molecular weight is 363 g/mol. The Balaban J connectivity index is 1.50. The summed E-state index contributed by atoms with van der Waals surface area (Å²) >= 11 is 6.39. The molecule has 1 atom stereocenters. The van der Waals surface area contributed by atoms with Crippen molar-refractivity contribution >= 4 is 23.2 Å². The van der Waals surface area contributed by atoms with Gasteiger partial charge in [-0.3, -0.25) is 4.79 Å². The van der Waals surface area contributed by atoms with Gasteiger partial charge in [-0.25, -0.2) is 0 Å². The first-order valence-corrected chi connectivity index (χ1v) is 9.95. The molecule has 3 fully saturated rings. The van der Waals surface area contributed by atoms with Crippen LogP contribution in [-0.2, 0) is 4.79 Å². The van der Waals surface area contributed by atoms with E-state index in [0.29, 0.717) is 11.9 Å². The quantitative estimate of drug-likeness (QED) is 0.876. The summed E-state index contributed by atoms with van der Waals surface area (Å²) in [6, 6.07) is 8.27. The molecule has 0 bridgehead atoms. The van der Waals surface area contributed by atoms with Crippen molar-refractivity contribution in [2.24, 2.45) is 5.41 Å². The summed E-state index contributed by atoms with van der Waals surface area (Å²) in [6.45, 7) is 2.62. The van der Waals surface area contributed by atoms with E-state index in [1.807, 2.05) is 18.2 Å². The topological polar surface area (TPSA) is 43.8 Å². The van der Waals surface area contributed by atoms with E-state index < -0.39 is 0 Å². The summed E-state index contributed by atoms with van der Waals surface area (Å²) in [5.74, 6) is 0.339. The van der Waals surface area contributed by atoms with Crippen molar-refractivity contribution in [2.45, 2.75) is 57.1 Å². The number of carbonyl (C=O) groups is 1. The van der Waals surface area contributed by atoms with E-state index in [0.717, 1.165) is 75.3 Å². The van der Waals surface area contributed by atoms with Gasteiger partial charge in [-0.2, -0.15) is 0 Å². The van der Waals surface area contributed by atoms with Crippen molar-refractivity contribution in [3.63, 3.8) is 0 Å². The highest BCUT2D eigenvalue weighted by atomic mass is 35.5. The lowest BCUT2D eigenvalue weighted by molar-refractivity contribution is -0.139. The van der Waals surface area contributed by atoms with E-state index in [4.69, 9.17) is 11.6 Å². The lowest BCUT2D eigenvalue weighted by Gasteiger charge is -2.41. The van der Waals surface area contributed by atoms with Crippen molar-refractivity contribution in [3.8, 4) is 0 Å². The number of likely N-dealkylation sites (tertiary alicyclic amines) is 1. The lowest BCUT2D eigenvalue weighted by atomic mass is 9.78. The van der Waals surface area contributed by atoms with Crippen LogP contribution in [-0.4, -0.2) is 47.7 Å². The third-order valence-electron chi connectivity index (χ3n) is 6.42. The predicted octanol–water partition coefficient (Wildman–Crippen LogP) is 3.46. The smallest absolute Gasteiger partial charge is 0.230 e. The monoisotopic (exact) mass is 362 g/mol. The molecule has 0 aromatic heterocycles. The SMILES string of the molecule is O=C1N(C2CCC(O)CC2)CC[C@@]12CCCN(c1ccccc1Cl)C2. The lowest BCUT2D eigenvalue weighted by Crippen LogP contribution is -2.50.